The Labute approximate surface area is 343 Å². The summed E-state index contributed by atoms with van der Waals surface area (Å²) >= 11 is 0. The second kappa shape index (κ2) is 28.6. The van der Waals surface area contributed by atoms with Crippen LogP contribution in [0.4, 0.5) is 0 Å². The summed E-state index contributed by atoms with van der Waals surface area (Å²) in [6, 6.07) is 22.2. The lowest BCUT2D eigenvalue weighted by Gasteiger charge is -2.31. The van der Waals surface area contributed by atoms with E-state index in [-0.39, 0.29) is 5.92 Å². The van der Waals surface area contributed by atoms with Gasteiger partial charge in [0.15, 0.2) is 0 Å². The highest BCUT2D eigenvalue weighted by Gasteiger charge is 2.31. The maximum Gasteiger partial charge on any atom is 0.123 e. The zero-order chi connectivity index (χ0) is 39.3. The summed E-state index contributed by atoms with van der Waals surface area (Å²) in [5.41, 5.74) is 6.54. The number of hydrogen-bond acceptors (Lipinski definition) is 3. The first-order chi connectivity index (χ1) is 27.8. The van der Waals surface area contributed by atoms with E-state index in [1.807, 2.05) is 18.2 Å². The topological polar surface area (TPSA) is 27.7 Å². The van der Waals surface area contributed by atoms with E-state index in [0.717, 1.165) is 82.0 Å². The molecule has 0 N–H and O–H groups in total. The first-order valence-electron chi connectivity index (χ1n) is 22.8. The van der Waals surface area contributed by atoms with Gasteiger partial charge in [0, 0.05) is 23.5 Å². The molecule has 1 aliphatic carbocycles. The van der Waals surface area contributed by atoms with Crippen LogP contribution in [0.2, 0.25) is 0 Å². The Morgan fingerprint density at radius 3 is 1.23 bits per heavy atom. The fraction of sp³-hybridized carbons (Fsp3) is 0.547. The lowest BCUT2D eigenvalue weighted by molar-refractivity contribution is 0.297. The van der Waals surface area contributed by atoms with Gasteiger partial charge >= 0.3 is 0 Å². The molecular weight excluding hydrogens is 685 g/mol. The van der Waals surface area contributed by atoms with Crippen molar-refractivity contribution >= 4 is 0 Å². The Morgan fingerprint density at radius 1 is 0.429 bits per heavy atom. The molecule has 0 saturated heterocycles. The molecule has 3 aromatic carbocycles. The predicted molar refractivity (Wildman–Crippen MR) is 241 cm³/mol. The van der Waals surface area contributed by atoms with Gasteiger partial charge in [-0.2, -0.15) is 0 Å². The summed E-state index contributed by atoms with van der Waals surface area (Å²) in [6.07, 6.45) is 36.8. The van der Waals surface area contributed by atoms with Gasteiger partial charge in [-0.3, -0.25) is 0 Å². The van der Waals surface area contributed by atoms with Crippen molar-refractivity contribution in [3.63, 3.8) is 0 Å². The molecule has 0 aliphatic heterocycles. The Morgan fingerprint density at radius 2 is 0.804 bits per heavy atom. The molecule has 0 spiro atoms. The summed E-state index contributed by atoms with van der Waals surface area (Å²) in [7, 11) is 0. The third kappa shape index (κ3) is 16.4. The number of benzene rings is 3. The normalized spacial score (nSPS) is 12.1. The van der Waals surface area contributed by atoms with Gasteiger partial charge in [0.25, 0.3) is 0 Å². The van der Waals surface area contributed by atoms with Crippen LogP contribution in [0.25, 0.3) is 0 Å². The van der Waals surface area contributed by atoms with Crippen molar-refractivity contribution in [2.75, 3.05) is 19.8 Å². The maximum absolute atomic E-state index is 6.63. The largest absolute Gasteiger partial charge is 0.494 e. The molecule has 0 aromatic heterocycles. The number of hydrogen-bond donors (Lipinski definition) is 0. The molecule has 0 fully saturated rings. The molecular formula is C53H76O3. The molecule has 0 amide bonds. The summed E-state index contributed by atoms with van der Waals surface area (Å²) in [6.45, 7) is 13.8. The summed E-state index contributed by atoms with van der Waals surface area (Å²) in [5.74, 6) is 3.10. The lowest BCUT2D eigenvalue weighted by Crippen LogP contribution is -2.18. The second-order valence-electron chi connectivity index (χ2n) is 16.0. The van der Waals surface area contributed by atoms with Gasteiger partial charge in [0.05, 0.1) is 19.8 Å². The molecule has 0 saturated carbocycles. The van der Waals surface area contributed by atoms with Crippen LogP contribution in [0, 0.1) is 0 Å². The Balaban J connectivity index is 1.41. The number of unbranched alkanes of at least 4 members (excludes halogenated alkanes) is 21. The molecule has 56 heavy (non-hydrogen) atoms. The summed E-state index contributed by atoms with van der Waals surface area (Å²) in [5, 5.41) is 0. The highest BCUT2D eigenvalue weighted by atomic mass is 16.5. The standard InChI is InChI=1S/C53H76O3/c1-4-7-10-13-16-19-22-25-28-40-54-46-35-31-34-45(43-46)53-47-36-32-38-51(55-41-29-26-23-20-17-14-11-8-5-2)49(47)44-50-48(53)37-33-39-52(50)56-42-30-27-24-21-18-15-12-9-6-3/h4-6,31-39,43,53H,1-3,7-30,40-42,44H2. The highest BCUT2D eigenvalue weighted by Crippen LogP contribution is 2.47. The van der Waals surface area contributed by atoms with E-state index in [1.54, 1.807) is 0 Å². The molecule has 0 atom stereocenters. The Bertz CT molecular complexity index is 1440. The first-order valence-corrected chi connectivity index (χ1v) is 22.8. The van der Waals surface area contributed by atoms with E-state index in [4.69, 9.17) is 14.2 Å². The van der Waals surface area contributed by atoms with Crippen LogP contribution in [0.15, 0.2) is 98.6 Å². The molecule has 4 rings (SSSR count). The van der Waals surface area contributed by atoms with Crippen molar-refractivity contribution in [3.8, 4) is 17.2 Å². The molecule has 3 aromatic rings. The molecule has 0 radical (unpaired) electrons. The number of allylic oxidation sites excluding steroid dienone is 3. The average molecular weight is 761 g/mol. The molecule has 3 heteroatoms. The number of rotatable bonds is 34. The smallest absolute Gasteiger partial charge is 0.123 e. The van der Waals surface area contributed by atoms with Gasteiger partial charge in [0.2, 0.25) is 0 Å². The number of fused-ring (bicyclic) bond motifs is 2. The van der Waals surface area contributed by atoms with E-state index in [1.165, 1.54) is 143 Å². The van der Waals surface area contributed by atoms with E-state index in [2.05, 4.69) is 80.4 Å². The van der Waals surface area contributed by atoms with Crippen LogP contribution in [-0.2, 0) is 6.42 Å². The molecule has 3 nitrogen and oxygen atoms in total. The van der Waals surface area contributed by atoms with Gasteiger partial charge in [-0.05, 0) is 98.7 Å². The minimum atomic E-state index is 0.0904. The summed E-state index contributed by atoms with van der Waals surface area (Å²) in [4.78, 5) is 0. The first kappa shape index (κ1) is 45.0. The SMILES string of the molecule is C=CCCCCCCCCCOc1cccc(C2c3cccc(OCCCCCCCCCC=C)c3Cc3c(OCCCCCCCCCC=C)cccc32)c1. The highest BCUT2D eigenvalue weighted by molar-refractivity contribution is 5.61. The van der Waals surface area contributed by atoms with E-state index in [9.17, 15) is 0 Å². The lowest BCUT2D eigenvalue weighted by atomic mass is 9.74. The van der Waals surface area contributed by atoms with Crippen molar-refractivity contribution in [2.24, 2.45) is 0 Å². The summed E-state index contributed by atoms with van der Waals surface area (Å²) < 4.78 is 19.6. The van der Waals surface area contributed by atoms with Gasteiger partial charge in [-0.1, -0.05) is 151 Å². The minimum Gasteiger partial charge on any atom is -0.494 e. The van der Waals surface area contributed by atoms with E-state index >= 15 is 0 Å². The third-order valence-corrected chi connectivity index (χ3v) is 11.4. The van der Waals surface area contributed by atoms with Crippen LogP contribution < -0.4 is 14.2 Å². The Kier molecular flexibility index (Phi) is 23.0. The van der Waals surface area contributed by atoms with Crippen LogP contribution in [0.1, 0.15) is 188 Å². The second-order valence-corrected chi connectivity index (χ2v) is 16.0. The fourth-order valence-electron chi connectivity index (χ4n) is 8.22. The van der Waals surface area contributed by atoms with Gasteiger partial charge < -0.3 is 14.2 Å². The average Bonchev–Trinajstić information content (AvgIpc) is 3.22. The van der Waals surface area contributed by atoms with E-state index < -0.39 is 0 Å². The van der Waals surface area contributed by atoms with Crippen molar-refractivity contribution < 1.29 is 14.2 Å². The van der Waals surface area contributed by atoms with Crippen LogP contribution in [0.3, 0.4) is 0 Å². The van der Waals surface area contributed by atoms with Crippen LogP contribution >= 0.6 is 0 Å². The zero-order valence-electron chi connectivity index (χ0n) is 35.2. The minimum absolute atomic E-state index is 0.0904. The monoisotopic (exact) mass is 761 g/mol. The van der Waals surface area contributed by atoms with Gasteiger partial charge in [-0.25, -0.2) is 0 Å². The molecule has 0 unspecified atom stereocenters. The van der Waals surface area contributed by atoms with Crippen LogP contribution in [0.5, 0.6) is 17.2 Å². The third-order valence-electron chi connectivity index (χ3n) is 11.4. The van der Waals surface area contributed by atoms with Crippen molar-refractivity contribution in [1.82, 2.24) is 0 Å². The molecule has 0 heterocycles. The fourth-order valence-corrected chi connectivity index (χ4v) is 8.22. The van der Waals surface area contributed by atoms with Crippen molar-refractivity contribution in [3.05, 3.63) is 126 Å². The molecule has 306 valence electrons. The van der Waals surface area contributed by atoms with Crippen molar-refractivity contribution in [1.29, 1.82) is 0 Å². The zero-order valence-corrected chi connectivity index (χ0v) is 35.2. The van der Waals surface area contributed by atoms with Gasteiger partial charge in [0.1, 0.15) is 17.2 Å². The number of ether oxygens (including phenoxy) is 3. The van der Waals surface area contributed by atoms with E-state index in [0.29, 0.717) is 0 Å². The van der Waals surface area contributed by atoms with Crippen LogP contribution in [-0.4, -0.2) is 19.8 Å². The van der Waals surface area contributed by atoms with Crippen molar-refractivity contribution in [2.45, 2.75) is 166 Å². The predicted octanol–water partition coefficient (Wildman–Crippen LogP) is 15.8. The van der Waals surface area contributed by atoms with Gasteiger partial charge in [-0.15, -0.1) is 19.7 Å². The molecule has 0 bridgehead atoms. The Hall–Kier alpha value is -3.72. The molecule has 1 aliphatic rings. The maximum atomic E-state index is 6.63. The quantitative estimate of drug-likeness (QED) is 0.0351.